The number of amides is 4. The molecule has 0 aromatic heterocycles. The van der Waals surface area contributed by atoms with E-state index in [1.165, 1.54) is 4.90 Å². The summed E-state index contributed by atoms with van der Waals surface area (Å²) < 4.78 is 10.7. The van der Waals surface area contributed by atoms with Crippen LogP contribution in [0.3, 0.4) is 0 Å². The van der Waals surface area contributed by atoms with Gasteiger partial charge in [0.05, 0.1) is 18.5 Å². The average Bonchev–Trinajstić information content (AvgIpc) is 2.78. The van der Waals surface area contributed by atoms with Crippen LogP contribution in [0.25, 0.3) is 0 Å². The minimum atomic E-state index is -1.13. The van der Waals surface area contributed by atoms with Gasteiger partial charge in [0.15, 0.2) is 0 Å². The predicted molar refractivity (Wildman–Crippen MR) is 122 cm³/mol. The molecule has 1 aromatic carbocycles. The van der Waals surface area contributed by atoms with E-state index in [9.17, 15) is 19.2 Å². The highest BCUT2D eigenvalue weighted by atomic mass is 16.5. The molecule has 0 aliphatic carbocycles. The summed E-state index contributed by atoms with van der Waals surface area (Å²) in [7, 11) is 3.20. The second-order valence-electron chi connectivity index (χ2n) is 8.26. The van der Waals surface area contributed by atoms with Crippen LogP contribution >= 0.6 is 0 Å². The molecule has 2 rings (SSSR count). The lowest BCUT2D eigenvalue weighted by Gasteiger charge is -2.28. The van der Waals surface area contributed by atoms with Crippen LogP contribution in [0.5, 0.6) is 5.75 Å². The van der Waals surface area contributed by atoms with Crippen molar-refractivity contribution in [2.45, 2.75) is 38.8 Å². The van der Waals surface area contributed by atoms with Crippen molar-refractivity contribution in [3.8, 4) is 5.75 Å². The van der Waals surface area contributed by atoms with Gasteiger partial charge < -0.3 is 30.3 Å². The average molecular weight is 463 g/mol. The Morgan fingerprint density at radius 3 is 2.67 bits per heavy atom. The Balaban J connectivity index is 2.31. The van der Waals surface area contributed by atoms with E-state index < -0.39 is 29.8 Å². The van der Waals surface area contributed by atoms with Crippen molar-refractivity contribution < 1.29 is 28.7 Å². The summed E-state index contributed by atoms with van der Waals surface area (Å²) in [5, 5.41) is 8.08. The summed E-state index contributed by atoms with van der Waals surface area (Å²) in [4.78, 5) is 53.0. The van der Waals surface area contributed by atoms with E-state index in [0.29, 0.717) is 25.3 Å². The molecular formula is C23H34N4O6. The third-order valence-electron chi connectivity index (χ3n) is 5.28. The number of nitrogens with zero attached hydrogens (tertiary/aromatic N) is 1. The van der Waals surface area contributed by atoms with Crippen LogP contribution in [0, 0.1) is 5.92 Å². The van der Waals surface area contributed by atoms with E-state index in [1.54, 1.807) is 38.4 Å². The lowest BCUT2D eigenvalue weighted by atomic mass is 10.0. The predicted octanol–water partition coefficient (Wildman–Crippen LogP) is 0.319. The van der Waals surface area contributed by atoms with Crippen molar-refractivity contribution in [2.75, 3.05) is 40.5 Å². The lowest BCUT2D eigenvalue weighted by Crippen LogP contribution is -2.54. The smallest absolute Gasteiger partial charge is 0.255 e. The third kappa shape index (κ3) is 7.74. The Bertz CT molecular complexity index is 844. The molecule has 33 heavy (non-hydrogen) atoms. The summed E-state index contributed by atoms with van der Waals surface area (Å²) in [5.74, 6) is -1.63. The second kappa shape index (κ2) is 12.8. The fourth-order valence-electron chi connectivity index (χ4n) is 3.35. The number of hydrogen-bond acceptors (Lipinski definition) is 6. The van der Waals surface area contributed by atoms with Crippen molar-refractivity contribution in [1.82, 2.24) is 20.9 Å². The molecule has 0 bridgehead atoms. The van der Waals surface area contributed by atoms with Crippen LogP contribution in [0.1, 0.15) is 37.0 Å². The van der Waals surface area contributed by atoms with Crippen molar-refractivity contribution in [1.29, 1.82) is 0 Å². The number of ether oxygens (including phenoxy) is 2. The Morgan fingerprint density at radius 1 is 1.24 bits per heavy atom. The second-order valence-corrected chi connectivity index (χ2v) is 8.26. The van der Waals surface area contributed by atoms with E-state index in [-0.39, 0.29) is 37.0 Å². The van der Waals surface area contributed by atoms with Crippen LogP contribution < -0.4 is 20.7 Å². The zero-order chi connectivity index (χ0) is 24.4. The fourth-order valence-corrected chi connectivity index (χ4v) is 3.35. The van der Waals surface area contributed by atoms with Crippen molar-refractivity contribution >= 4 is 23.6 Å². The van der Waals surface area contributed by atoms with Gasteiger partial charge >= 0.3 is 0 Å². The van der Waals surface area contributed by atoms with Gasteiger partial charge in [-0.1, -0.05) is 26.0 Å². The molecule has 0 fully saturated rings. The molecule has 0 unspecified atom stereocenters. The number of carbonyl (C=O) groups excluding carboxylic acids is 4. The number of rotatable bonds is 6. The molecule has 1 aromatic rings. The van der Waals surface area contributed by atoms with Crippen LogP contribution in [-0.4, -0.2) is 81.1 Å². The molecule has 0 saturated carbocycles. The number of methoxy groups -OCH3 is 1. The Morgan fingerprint density at radius 2 is 1.97 bits per heavy atom. The number of para-hydroxylation sites is 1. The summed E-state index contributed by atoms with van der Waals surface area (Å²) >= 11 is 0. The maximum atomic E-state index is 13.0. The first-order valence-corrected chi connectivity index (χ1v) is 11.1. The highest BCUT2D eigenvalue weighted by Crippen LogP contribution is 2.19. The van der Waals surface area contributed by atoms with Gasteiger partial charge in [-0.05, 0) is 24.5 Å². The first-order chi connectivity index (χ1) is 15.7. The fraction of sp³-hybridized carbons (Fsp3) is 0.565. The first kappa shape index (κ1) is 26.1. The highest BCUT2D eigenvalue weighted by Gasteiger charge is 2.31. The molecule has 0 saturated heterocycles. The molecule has 1 aliphatic heterocycles. The molecule has 1 aliphatic rings. The molecule has 10 heteroatoms. The van der Waals surface area contributed by atoms with Crippen molar-refractivity contribution in [3.63, 3.8) is 0 Å². The van der Waals surface area contributed by atoms with Gasteiger partial charge in [0.2, 0.25) is 17.7 Å². The highest BCUT2D eigenvalue weighted by molar-refractivity contribution is 6.01. The topological polar surface area (TPSA) is 126 Å². The number of fused-ring (bicyclic) bond motifs is 1. The van der Waals surface area contributed by atoms with E-state index >= 15 is 0 Å². The summed E-state index contributed by atoms with van der Waals surface area (Å²) in [5.41, 5.74) is 0.237. The molecule has 0 spiro atoms. The van der Waals surface area contributed by atoms with Crippen molar-refractivity contribution in [3.05, 3.63) is 29.8 Å². The molecule has 0 radical (unpaired) electrons. The zero-order valence-corrected chi connectivity index (χ0v) is 19.7. The van der Waals surface area contributed by atoms with E-state index in [4.69, 9.17) is 9.47 Å². The van der Waals surface area contributed by atoms with Crippen molar-refractivity contribution in [2.24, 2.45) is 5.92 Å². The molecule has 3 N–H and O–H groups in total. The molecule has 182 valence electrons. The molecular weight excluding hydrogens is 428 g/mol. The van der Waals surface area contributed by atoms with Gasteiger partial charge in [-0.2, -0.15) is 0 Å². The molecule has 10 nitrogen and oxygen atoms in total. The maximum Gasteiger partial charge on any atom is 0.255 e. The number of likely N-dealkylation sites (N-methyl/N-ethyl adjacent to an activating group) is 1. The van der Waals surface area contributed by atoms with Crippen LogP contribution in [0.2, 0.25) is 0 Å². The van der Waals surface area contributed by atoms with Gasteiger partial charge in [-0.25, -0.2) is 0 Å². The zero-order valence-electron chi connectivity index (χ0n) is 19.7. The normalized spacial score (nSPS) is 20.3. The number of benzene rings is 1. The minimum Gasteiger partial charge on any atom is -0.491 e. The standard InChI is InChI=1S/C23H34N4O6/c1-15(2)20-23(31)27(3)11-13-33-18-9-6-5-8-16(18)21(29)25-17(14-19(28)26-20)22(30)24-10-7-12-32-4/h5-6,8-9,15,17,20H,7,10-14H2,1-4H3,(H,24,30)(H,25,29)(H,26,28)/t17-,20+/m0/s1. The lowest BCUT2D eigenvalue weighted by molar-refractivity contribution is -0.137. The van der Waals surface area contributed by atoms with Gasteiger partial charge in [-0.15, -0.1) is 0 Å². The van der Waals surface area contributed by atoms with Gasteiger partial charge in [0.1, 0.15) is 24.4 Å². The Kier molecular flexibility index (Phi) is 10.1. The molecule has 2 atom stereocenters. The number of hydrogen-bond donors (Lipinski definition) is 3. The quantitative estimate of drug-likeness (QED) is 0.523. The maximum absolute atomic E-state index is 13.0. The molecule has 1 heterocycles. The summed E-state index contributed by atoms with van der Waals surface area (Å²) in [6.45, 7) is 4.89. The van der Waals surface area contributed by atoms with Gasteiger partial charge in [0, 0.05) is 27.3 Å². The molecule has 4 amide bonds. The van der Waals surface area contributed by atoms with E-state index in [1.807, 2.05) is 13.8 Å². The summed E-state index contributed by atoms with van der Waals surface area (Å²) in [6.07, 6.45) is 0.271. The van der Waals surface area contributed by atoms with Crippen LogP contribution in [0.15, 0.2) is 24.3 Å². The Labute approximate surface area is 194 Å². The summed E-state index contributed by atoms with van der Waals surface area (Å²) in [6, 6.07) is 4.74. The van der Waals surface area contributed by atoms with Gasteiger partial charge in [-0.3, -0.25) is 19.2 Å². The van der Waals surface area contributed by atoms with Gasteiger partial charge in [0.25, 0.3) is 5.91 Å². The minimum absolute atomic E-state index is 0.161. The largest absolute Gasteiger partial charge is 0.491 e. The van der Waals surface area contributed by atoms with Crippen LogP contribution in [-0.2, 0) is 19.1 Å². The third-order valence-corrected chi connectivity index (χ3v) is 5.28. The number of carbonyl (C=O) groups is 4. The van der Waals surface area contributed by atoms with E-state index in [2.05, 4.69) is 16.0 Å². The monoisotopic (exact) mass is 462 g/mol. The first-order valence-electron chi connectivity index (χ1n) is 11.1. The Hall–Kier alpha value is -3.14. The van der Waals surface area contributed by atoms with E-state index in [0.717, 1.165) is 0 Å². The number of nitrogens with one attached hydrogen (secondary N) is 3. The van der Waals surface area contributed by atoms with Crippen LogP contribution in [0.4, 0.5) is 0 Å². The SMILES string of the molecule is COCCCNC(=O)[C@@H]1CC(=O)N[C@H](C(C)C)C(=O)N(C)CCOc2ccccc2C(=O)N1.